The van der Waals surface area contributed by atoms with Gasteiger partial charge in [-0.2, -0.15) is 0 Å². The Labute approximate surface area is 163 Å². The molecule has 150 valence electrons. The third-order valence-corrected chi connectivity index (χ3v) is 5.05. The van der Waals surface area contributed by atoms with Crippen molar-refractivity contribution in [3.63, 3.8) is 0 Å². The van der Waals surface area contributed by atoms with E-state index in [-0.39, 0.29) is 23.5 Å². The number of carbonyl (C=O) groups is 2. The molecule has 2 rings (SSSR count). The highest BCUT2D eigenvalue weighted by molar-refractivity contribution is 5.96. The van der Waals surface area contributed by atoms with Gasteiger partial charge in [0.25, 0.3) is 5.91 Å². The summed E-state index contributed by atoms with van der Waals surface area (Å²) in [5.41, 5.74) is 2.14. The maximum atomic E-state index is 13.1. The molecule has 27 heavy (non-hydrogen) atoms. The molecule has 1 aliphatic heterocycles. The van der Waals surface area contributed by atoms with Crippen LogP contribution in [0.15, 0.2) is 18.2 Å². The van der Waals surface area contributed by atoms with Crippen LogP contribution in [0.5, 0.6) is 0 Å². The average molecular weight is 375 g/mol. The smallest absolute Gasteiger partial charge is 0.254 e. The molecule has 1 saturated heterocycles. The Morgan fingerprint density at radius 1 is 1.33 bits per heavy atom. The summed E-state index contributed by atoms with van der Waals surface area (Å²) in [6.07, 6.45) is 2.20. The molecule has 1 atom stereocenters. The fourth-order valence-electron chi connectivity index (χ4n) is 3.71. The second kappa shape index (κ2) is 8.87. The molecular formula is C22H34N2O3. The van der Waals surface area contributed by atoms with Crippen LogP contribution < -0.4 is 5.32 Å². The van der Waals surface area contributed by atoms with Crippen LogP contribution in [0.2, 0.25) is 0 Å². The number of ether oxygens (including phenoxy) is 1. The number of anilines is 1. The maximum absolute atomic E-state index is 13.1. The average Bonchev–Trinajstić information content (AvgIpc) is 2.55. The Bertz CT molecular complexity index is 682. The maximum Gasteiger partial charge on any atom is 0.254 e. The van der Waals surface area contributed by atoms with E-state index in [1.807, 2.05) is 50.8 Å². The zero-order chi connectivity index (χ0) is 20.2. The van der Waals surface area contributed by atoms with Gasteiger partial charge < -0.3 is 15.0 Å². The van der Waals surface area contributed by atoms with Gasteiger partial charge in [0, 0.05) is 36.9 Å². The van der Waals surface area contributed by atoms with Gasteiger partial charge in [-0.1, -0.05) is 13.8 Å². The monoisotopic (exact) mass is 374 g/mol. The molecule has 1 N–H and O–H groups in total. The molecule has 1 fully saturated rings. The molecule has 0 radical (unpaired) electrons. The first-order valence-corrected chi connectivity index (χ1v) is 9.98. The molecule has 1 aromatic rings. The number of nitrogens with one attached hydrogen (secondary N) is 1. The van der Waals surface area contributed by atoms with Crippen molar-refractivity contribution in [2.24, 2.45) is 5.92 Å². The fourth-order valence-corrected chi connectivity index (χ4v) is 3.71. The molecule has 1 aliphatic rings. The third kappa shape index (κ3) is 5.80. The zero-order valence-electron chi connectivity index (χ0n) is 17.6. The molecule has 5 nitrogen and oxygen atoms in total. The number of hydrogen-bond acceptors (Lipinski definition) is 3. The van der Waals surface area contributed by atoms with Crippen LogP contribution in [0.3, 0.4) is 0 Å². The number of benzene rings is 1. The molecule has 0 spiro atoms. The van der Waals surface area contributed by atoms with Crippen molar-refractivity contribution in [2.75, 3.05) is 18.5 Å². The molecule has 2 amide bonds. The lowest BCUT2D eigenvalue weighted by Crippen LogP contribution is -2.48. The van der Waals surface area contributed by atoms with Crippen LogP contribution in [0.25, 0.3) is 0 Å². The zero-order valence-corrected chi connectivity index (χ0v) is 17.6. The third-order valence-electron chi connectivity index (χ3n) is 5.05. The van der Waals surface area contributed by atoms with Crippen molar-refractivity contribution in [1.82, 2.24) is 4.90 Å². The van der Waals surface area contributed by atoms with Crippen LogP contribution in [0.1, 0.15) is 69.8 Å². The van der Waals surface area contributed by atoms with E-state index in [0.29, 0.717) is 31.1 Å². The Morgan fingerprint density at radius 3 is 2.59 bits per heavy atom. The second-order valence-corrected chi connectivity index (χ2v) is 8.52. The van der Waals surface area contributed by atoms with E-state index in [2.05, 4.69) is 19.2 Å². The summed E-state index contributed by atoms with van der Waals surface area (Å²) in [6.45, 7) is 13.5. The lowest BCUT2D eigenvalue weighted by atomic mass is 9.92. The van der Waals surface area contributed by atoms with Crippen molar-refractivity contribution >= 4 is 17.5 Å². The van der Waals surface area contributed by atoms with Gasteiger partial charge in [-0.05, 0) is 70.2 Å². The Hall–Kier alpha value is -1.88. The van der Waals surface area contributed by atoms with E-state index in [1.165, 1.54) is 0 Å². The van der Waals surface area contributed by atoms with Gasteiger partial charge in [-0.3, -0.25) is 9.59 Å². The molecule has 1 aromatic carbocycles. The predicted molar refractivity (Wildman–Crippen MR) is 109 cm³/mol. The minimum absolute atomic E-state index is 0.00629. The van der Waals surface area contributed by atoms with E-state index < -0.39 is 0 Å². The number of rotatable bonds is 6. The lowest BCUT2D eigenvalue weighted by Gasteiger charge is -2.41. The van der Waals surface area contributed by atoms with Crippen molar-refractivity contribution in [2.45, 2.75) is 72.4 Å². The van der Waals surface area contributed by atoms with Crippen LogP contribution in [0, 0.1) is 12.8 Å². The summed E-state index contributed by atoms with van der Waals surface area (Å²) in [4.78, 5) is 27.1. The van der Waals surface area contributed by atoms with E-state index in [1.54, 1.807) is 0 Å². The molecule has 0 saturated carbocycles. The van der Waals surface area contributed by atoms with Crippen molar-refractivity contribution in [3.05, 3.63) is 29.3 Å². The van der Waals surface area contributed by atoms with Gasteiger partial charge in [0.05, 0.1) is 5.60 Å². The fraction of sp³-hybridized carbons (Fsp3) is 0.636. The highest BCUT2D eigenvalue weighted by Crippen LogP contribution is 2.28. The van der Waals surface area contributed by atoms with Crippen LogP contribution in [-0.4, -0.2) is 41.5 Å². The number of hydrogen-bond donors (Lipinski definition) is 1. The van der Waals surface area contributed by atoms with E-state index in [4.69, 9.17) is 4.74 Å². The molecule has 1 unspecified atom stereocenters. The minimum atomic E-state index is -0.197. The Balaban J connectivity index is 2.13. The molecule has 0 aromatic heterocycles. The van der Waals surface area contributed by atoms with Gasteiger partial charge >= 0.3 is 0 Å². The number of carbonyl (C=O) groups excluding carboxylic acids is 2. The number of nitrogens with zero attached hydrogens (tertiary/aromatic N) is 1. The lowest BCUT2D eigenvalue weighted by molar-refractivity contribution is -0.116. The van der Waals surface area contributed by atoms with E-state index >= 15 is 0 Å². The SMILES string of the molecule is CCN(C(=O)c1ccc(NC(=O)CC(C)C)c(C)c1)C1CCOC(C)(C)C1. The van der Waals surface area contributed by atoms with Gasteiger partial charge in [0.2, 0.25) is 5.91 Å². The van der Waals surface area contributed by atoms with Gasteiger partial charge in [-0.15, -0.1) is 0 Å². The number of amides is 2. The quantitative estimate of drug-likeness (QED) is 0.803. The number of aryl methyl sites for hydroxylation is 1. The summed E-state index contributed by atoms with van der Waals surface area (Å²) in [6, 6.07) is 5.72. The summed E-state index contributed by atoms with van der Waals surface area (Å²) in [5.74, 6) is 0.364. The summed E-state index contributed by atoms with van der Waals surface area (Å²) in [7, 11) is 0. The largest absolute Gasteiger partial charge is 0.375 e. The standard InChI is InChI=1S/C22H34N2O3/c1-7-24(18-10-11-27-22(5,6)14-18)21(26)17-8-9-19(16(4)13-17)23-20(25)12-15(2)3/h8-9,13,15,18H,7,10-12,14H2,1-6H3,(H,23,25). The first kappa shape index (κ1) is 21.4. The van der Waals surface area contributed by atoms with Gasteiger partial charge in [0.1, 0.15) is 0 Å². The normalized spacial score (nSPS) is 19.0. The minimum Gasteiger partial charge on any atom is -0.375 e. The molecule has 0 bridgehead atoms. The molecule has 0 aliphatic carbocycles. The van der Waals surface area contributed by atoms with Crippen LogP contribution in [-0.2, 0) is 9.53 Å². The van der Waals surface area contributed by atoms with Crippen LogP contribution in [0.4, 0.5) is 5.69 Å². The summed E-state index contributed by atoms with van der Waals surface area (Å²) in [5, 5.41) is 2.94. The highest BCUT2D eigenvalue weighted by atomic mass is 16.5. The Kier molecular flexibility index (Phi) is 7.04. The second-order valence-electron chi connectivity index (χ2n) is 8.52. The summed E-state index contributed by atoms with van der Waals surface area (Å²) >= 11 is 0. The molecular weight excluding hydrogens is 340 g/mol. The van der Waals surface area contributed by atoms with E-state index in [9.17, 15) is 9.59 Å². The van der Waals surface area contributed by atoms with Crippen molar-refractivity contribution in [1.29, 1.82) is 0 Å². The summed E-state index contributed by atoms with van der Waals surface area (Å²) < 4.78 is 5.80. The van der Waals surface area contributed by atoms with Gasteiger partial charge in [-0.25, -0.2) is 0 Å². The van der Waals surface area contributed by atoms with Crippen LogP contribution >= 0.6 is 0 Å². The first-order chi connectivity index (χ1) is 12.6. The Morgan fingerprint density at radius 2 is 2.04 bits per heavy atom. The highest BCUT2D eigenvalue weighted by Gasteiger charge is 2.34. The van der Waals surface area contributed by atoms with E-state index in [0.717, 1.165) is 24.1 Å². The molecule has 1 heterocycles. The van der Waals surface area contributed by atoms with Gasteiger partial charge in [0.15, 0.2) is 0 Å². The van der Waals surface area contributed by atoms with Crippen molar-refractivity contribution < 1.29 is 14.3 Å². The van der Waals surface area contributed by atoms with Crippen molar-refractivity contribution in [3.8, 4) is 0 Å². The topological polar surface area (TPSA) is 58.6 Å². The molecule has 5 heteroatoms. The predicted octanol–water partition coefficient (Wildman–Crippen LogP) is 4.40. The first-order valence-electron chi connectivity index (χ1n) is 9.98.